The molecule has 0 aromatic heterocycles. The first-order valence-electron chi connectivity index (χ1n) is 9.13. The van der Waals surface area contributed by atoms with E-state index in [-0.39, 0.29) is 24.0 Å². The Bertz CT molecular complexity index is 329. The van der Waals surface area contributed by atoms with Gasteiger partial charge in [0.15, 0.2) is 5.96 Å². The van der Waals surface area contributed by atoms with Crippen LogP contribution in [0.1, 0.15) is 51.9 Å². The fourth-order valence-corrected chi connectivity index (χ4v) is 3.38. The van der Waals surface area contributed by atoms with Crippen molar-refractivity contribution in [3.05, 3.63) is 0 Å². The van der Waals surface area contributed by atoms with E-state index in [1.807, 2.05) is 0 Å². The number of likely N-dealkylation sites (N-methyl/N-ethyl adjacent to an activating group) is 1. The Kier molecular flexibility index (Phi) is 11.2. The molecule has 0 bridgehead atoms. The SMILES string of the molecule is CCNC(=NCC1CCCO1)NCCN(C)C1CCCCC1.I. The molecule has 2 fully saturated rings. The average Bonchev–Trinajstić information content (AvgIpc) is 3.06. The molecule has 1 heterocycles. The molecule has 1 aliphatic carbocycles. The zero-order chi connectivity index (χ0) is 15.6. The van der Waals surface area contributed by atoms with Crippen LogP contribution in [0.3, 0.4) is 0 Å². The van der Waals surface area contributed by atoms with E-state index in [1.54, 1.807) is 0 Å². The molecule has 2 N–H and O–H groups in total. The summed E-state index contributed by atoms with van der Waals surface area (Å²) in [6.45, 7) is 6.71. The largest absolute Gasteiger partial charge is 0.376 e. The summed E-state index contributed by atoms with van der Waals surface area (Å²) in [7, 11) is 2.26. The highest BCUT2D eigenvalue weighted by molar-refractivity contribution is 14.0. The lowest BCUT2D eigenvalue weighted by molar-refractivity contribution is 0.117. The number of halogens is 1. The standard InChI is InChI=1S/C17H34N4O.HI/c1-3-18-17(20-14-16-10-7-13-22-16)19-11-12-21(2)15-8-5-4-6-9-15;/h15-16H,3-14H2,1-2H3,(H2,18,19,20);1H. The molecule has 2 rings (SSSR count). The Morgan fingerprint density at radius 3 is 2.57 bits per heavy atom. The molecule has 0 radical (unpaired) electrons. The minimum atomic E-state index is 0. The molecule has 0 amide bonds. The van der Waals surface area contributed by atoms with Gasteiger partial charge < -0.3 is 20.3 Å². The summed E-state index contributed by atoms with van der Waals surface area (Å²) in [5.74, 6) is 0.926. The van der Waals surface area contributed by atoms with Gasteiger partial charge in [-0.3, -0.25) is 4.99 Å². The minimum Gasteiger partial charge on any atom is -0.376 e. The lowest BCUT2D eigenvalue weighted by Gasteiger charge is -2.31. The van der Waals surface area contributed by atoms with Gasteiger partial charge in [-0.2, -0.15) is 0 Å². The summed E-state index contributed by atoms with van der Waals surface area (Å²) in [5, 5.41) is 6.78. The zero-order valence-electron chi connectivity index (χ0n) is 14.9. The third-order valence-electron chi connectivity index (χ3n) is 4.78. The molecular weight excluding hydrogens is 403 g/mol. The number of guanidine groups is 1. The van der Waals surface area contributed by atoms with Crippen molar-refractivity contribution < 1.29 is 4.74 Å². The van der Waals surface area contributed by atoms with Crippen LogP contribution in [-0.4, -0.2) is 62.8 Å². The molecule has 1 unspecified atom stereocenters. The maximum atomic E-state index is 5.63. The Balaban J connectivity index is 0.00000264. The second kappa shape index (κ2) is 12.3. The van der Waals surface area contributed by atoms with Gasteiger partial charge in [0.1, 0.15) is 0 Å². The first-order chi connectivity index (χ1) is 10.8. The number of hydrogen-bond donors (Lipinski definition) is 2. The highest BCUT2D eigenvalue weighted by atomic mass is 127. The van der Waals surface area contributed by atoms with Crippen molar-refractivity contribution in [1.29, 1.82) is 0 Å². The first-order valence-corrected chi connectivity index (χ1v) is 9.13. The smallest absolute Gasteiger partial charge is 0.191 e. The summed E-state index contributed by atoms with van der Waals surface area (Å²) < 4.78 is 5.63. The topological polar surface area (TPSA) is 48.9 Å². The Labute approximate surface area is 159 Å². The molecule has 0 aromatic carbocycles. The quantitative estimate of drug-likeness (QED) is 0.365. The summed E-state index contributed by atoms with van der Waals surface area (Å²) >= 11 is 0. The highest BCUT2D eigenvalue weighted by Crippen LogP contribution is 2.21. The van der Waals surface area contributed by atoms with Gasteiger partial charge in [0.05, 0.1) is 12.6 Å². The molecule has 6 heteroatoms. The van der Waals surface area contributed by atoms with Crippen molar-refractivity contribution in [2.75, 3.05) is 39.8 Å². The number of hydrogen-bond acceptors (Lipinski definition) is 3. The summed E-state index contributed by atoms with van der Waals surface area (Å²) in [4.78, 5) is 7.17. The predicted octanol–water partition coefficient (Wildman–Crippen LogP) is 2.60. The summed E-state index contributed by atoms with van der Waals surface area (Å²) in [6, 6.07) is 0.780. The van der Waals surface area contributed by atoms with E-state index < -0.39 is 0 Å². The van der Waals surface area contributed by atoms with Crippen LogP contribution < -0.4 is 10.6 Å². The molecule has 0 aromatic rings. The van der Waals surface area contributed by atoms with Gasteiger partial charge in [-0.25, -0.2) is 0 Å². The van der Waals surface area contributed by atoms with Gasteiger partial charge in [-0.05, 0) is 39.7 Å². The summed E-state index contributed by atoms with van der Waals surface area (Å²) in [6.07, 6.45) is 9.59. The zero-order valence-corrected chi connectivity index (χ0v) is 17.2. The van der Waals surface area contributed by atoms with Crippen LogP contribution in [0.15, 0.2) is 4.99 Å². The van der Waals surface area contributed by atoms with E-state index >= 15 is 0 Å². The number of aliphatic imine (C=N–C) groups is 1. The van der Waals surface area contributed by atoms with Crippen LogP contribution in [0.2, 0.25) is 0 Å². The van der Waals surface area contributed by atoms with Gasteiger partial charge in [0.2, 0.25) is 0 Å². The van der Waals surface area contributed by atoms with E-state index in [0.29, 0.717) is 6.10 Å². The van der Waals surface area contributed by atoms with Crippen LogP contribution in [0.5, 0.6) is 0 Å². The predicted molar refractivity (Wildman–Crippen MR) is 108 cm³/mol. The third-order valence-corrected chi connectivity index (χ3v) is 4.78. The molecular formula is C17H35IN4O. The summed E-state index contributed by atoms with van der Waals surface area (Å²) in [5.41, 5.74) is 0. The van der Waals surface area contributed by atoms with Crippen LogP contribution in [0.25, 0.3) is 0 Å². The van der Waals surface area contributed by atoms with Gasteiger partial charge >= 0.3 is 0 Å². The second-order valence-electron chi connectivity index (χ2n) is 6.55. The van der Waals surface area contributed by atoms with Crippen molar-refractivity contribution >= 4 is 29.9 Å². The van der Waals surface area contributed by atoms with Gasteiger partial charge in [0, 0.05) is 32.3 Å². The van der Waals surface area contributed by atoms with E-state index in [1.165, 1.54) is 38.5 Å². The molecule has 1 saturated heterocycles. The number of rotatable bonds is 7. The number of nitrogens with one attached hydrogen (secondary N) is 2. The van der Waals surface area contributed by atoms with Crippen LogP contribution in [0, 0.1) is 0 Å². The van der Waals surface area contributed by atoms with Crippen molar-refractivity contribution in [1.82, 2.24) is 15.5 Å². The monoisotopic (exact) mass is 438 g/mol. The molecule has 136 valence electrons. The molecule has 1 saturated carbocycles. The lowest BCUT2D eigenvalue weighted by Crippen LogP contribution is -2.43. The van der Waals surface area contributed by atoms with E-state index in [0.717, 1.165) is 51.2 Å². The van der Waals surface area contributed by atoms with Crippen LogP contribution in [-0.2, 0) is 4.74 Å². The second-order valence-corrected chi connectivity index (χ2v) is 6.55. The Morgan fingerprint density at radius 2 is 1.91 bits per heavy atom. The van der Waals surface area contributed by atoms with E-state index in [4.69, 9.17) is 4.74 Å². The Morgan fingerprint density at radius 1 is 1.13 bits per heavy atom. The first kappa shape index (κ1) is 21.0. The van der Waals surface area contributed by atoms with Crippen molar-refractivity contribution in [2.24, 2.45) is 4.99 Å². The normalized spacial score (nSPS) is 22.9. The average molecular weight is 438 g/mol. The third kappa shape index (κ3) is 8.03. The highest BCUT2D eigenvalue weighted by Gasteiger charge is 2.17. The molecule has 2 aliphatic rings. The fraction of sp³-hybridized carbons (Fsp3) is 0.941. The van der Waals surface area contributed by atoms with Crippen molar-refractivity contribution in [3.8, 4) is 0 Å². The van der Waals surface area contributed by atoms with E-state index in [2.05, 4.69) is 34.5 Å². The molecule has 5 nitrogen and oxygen atoms in total. The number of ether oxygens (including phenoxy) is 1. The van der Waals surface area contributed by atoms with E-state index in [9.17, 15) is 0 Å². The molecule has 23 heavy (non-hydrogen) atoms. The van der Waals surface area contributed by atoms with Crippen molar-refractivity contribution in [2.45, 2.75) is 64.0 Å². The fourth-order valence-electron chi connectivity index (χ4n) is 3.38. The van der Waals surface area contributed by atoms with Crippen LogP contribution >= 0.6 is 24.0 Å². The van der Waals surface area contributed by atoms with Gasteiger partial charge in [-0.15, -0.1) is 24.0 Å². The van der Waals surface area contributed by atoms with Gasteiger partial charge in [0.25, 0.3) is 0 Å². The maximum absolute atomic E-state index is 5.63. The molecule has 0 spiro atoms. The minimum absolute atomic E-state index is 0. The lowest BCUT2D eigenvalue weighted by atomic mass is 9.94. The Hall–Kier alpha value is -0.0800. The van der Waals surface area contributed by atoms with Crippen molar-refractivity contribution in [3.63, 3.8) is 0 Å². The number of nitrogens with zero attached hydrogens (tertiary/aromatic N) is 2. The van der Waals surface area contributed by atoms with Crippen LogP contribution in [0.4, 0.5) is 0 Å². The molecule has 1 aliphatic heterocycles. The maximum Gasteiger partial charge on any atom is 0.191 e. The molecule has 1 atom stereocenters. The van der Waals surface area contributed by atoms with Gasteiger partial charge in [-0.1, -0.05) is 19.3 Å².